The second kappa shape index (κ2) is 5.96. The zero-order valence-corrected chi connectivity index (χ0v) is 14.1. The first-order valence-corrected chi connectivity index (χ1v) is 7.72. The summed E-state index contributed by atoms with van der Waals surface area (Å²) >= 11 is 5.25. The van der Waals surface area contributed by atoms with Gasteiger partial charge >= 0.3 is 0 Å². The fourth-order valence-electron chi connectivity index (χ4n) is 2.18. The number of nitrogens with one attached hydrogen (secondary N) is 1. The van der Waals surface area contributed by atoms with E-state index in [0.717, 1.165) is 5.56 Å². The molecule has 0 amide bonds. The molecule has 23 heavy (non-hydrogen) atoms. The van der Waals surface area contributed by atoms with Crippen molar-refractivity contribution in [3.8, 4) is 11.4 Å². The van der Waals surface area contributed by atoms with E-state index < -0.39 is 0 Å². The summed E-state index contributed by atoms with van der Waals surface area (Å²) in [6.07, 6.45) is 3.21. The second-order valence-corrected chi connectivity index (χ2v) is 6.64. The maximum Gasteiger partial charge on any atom is 0.216 e. The maximum atomic E-state index is 5.25. The first-order valence-electron chi connectivity index (χ1n) is 7.31. The first kappa shape index (κ1) is 15.4. The van der Waals surface area contributed by atoms with Crippen molar-refractivity contribution < 1.29 is 4.42 Å². The van der Waals surface area contributed by atoms with Crippen LogP contribution in [-0.4, -0.2) is 21.1 Å². The lowest BCUT2D eigenvalue weighted by Gasteiger charge is -2.18. The number of furan rings is 1. The van der Waals surface area contributed by atoms with Gasteiger partial charge in [0, 0.05) is 5.56 Å². The number of hydrogen-bond donors (Lipinski definition) is 1. The van der Waals surface area contributed by atoms with Gasteiger partial charge in [0.05, 0.1) is 12.5 Å². The number of benzene rings is 1. The Morgan fingerprint density at radius 1 is 1.22 bits per heavy atom. The van der Waals surface area contributed by atoms with Gasteiger partial charge in [0.15, 0.2) is 5.82 Å². The summed E-state index contributed by atoms with van der Waals surface area (Å²) in [6.45, 7) is 6.56. The van der Waals surface area contributed by atoms with Crippen LogP contribution in [0, 0.1) is 4.77 Å². The molecule has 0 saturated heterocycles. The molecule has 6 heteroatoms. The van der Waals surface area contributed by atoms with Crippen LogP contribution in [0.3, 0.4) is 0 Å². The Balaban J connectivity index is 1.96. The standard InChI is InChI=1S/C17H18N4OS/c1-17(2,3)13-8-6-12(7-9-13)15-19-20-16(23)21(15)18-11-14-5-4-10-22-14/h4-11H,1-3H3,(H,20,23)/b18-11-. The van der Waals surface area contributed by atoms with Gasteiger partial charge in [0.25, 0.3) is 0 Å². The fourth-order valence-corrected chi connectivity index (χ4v) is 2.36. The molecule has 5 nitrogen and oxygen atoms in total. The summed E-state index contributed by atoms with van der Waals surface area (Å²) < 4.78 is 7.26. The van der Waals surface area contributed by atoms with Gasteiger partial charge in [-0.1, -0.05) is 45.0 Å². The van der Waals surface area contributed by atoms with E-state index in [0.29, 0.717) is 16.4 Å². The van der Waals surface area contributed by atoms with E-state index >= 15 is 0 Å². The molecule has 0 radical (unpaired) electrons. The Bertz CT molecular complexity index is 865. The predicted octanol–water partition coefficient (Wildman–Crippen LogP) is 4.38. The minimum atomic E-state index is 0.112. The highest BCUT2D eigenvalue weighted by Crippen LogP contribution is 2.25. The summed E-state index contributed by atoms with van der Waals surface area (Å²) in [5, 5.41) is 11.4. The molecule has 0 bridgehead atoms. The number of rotatable bonds is 3. The van der Waals surface area contributed by atoms with E-state index in [2.05, 4.69) is 48.2 Å². The molecule has 1 N–H and O–H groups in total. The minimum absolute atomic E-state index is 0.112. The highest BCUT2D eigenvalue weighted by Gasteiger charge is 2.14. The third-order valence-corrected chi connectivity index (χ3v) is 3.77. The van der Waals surface area contributed by atoms with Crippen LogP contribution < -0.4 is 0 Å². The average molecular weight is 326 g/mol. The normalized spacial score (nSPS) is 12.1. The highest BCUT2D eigenvalue weighted by molar-refractivity contribution is 7.71. The number of nitrogens with zero attached hydrogens (tertiary/aromatic N) is 3. The molecule has 0 aliphatic heterocycles. The van der Waals surface area contributed by atoms with Gasteiger partial charge in [-0.3, -0.25) is 0 Å². The molecule has 2 aromatic heterocycles. The smallest absolute Gasteiger partial charge is 0.216 e. The Morgan fingerprint density at radius 2 is 1.96 bits per heavy atom. The molecule has 0 atom stereocenters. The van der Waals surface area contributed by atoms with E-state index in [1.54, 1.807) is 17.2 Å². The van der Waals surface area contributed by atoms with Crippen molar-refractivity contribution in [1.29, 1.82) is 0 Å². The van der Waals surface area contributed by atoms with E-state index in [1.165, 1.54) is 5.56 Å². The van der Waals surface area contributed by atoms with Crippen LogP contribution in [0.1, 0.15) is 32.1 Å². The van der Waals surface area contributed by atoms with Crippen LogP contribution in [-0.2, 0) is 5.41 Å². The Labute approximate surface area is 139 Å². The molecule has 0 spiro atoms. The lowest BCUT2D eigenvalue weighted by atomic mass is 9.87. The summed E-state index contributed by atoms with van der Waals surface area (Å²) in [7, 11) is 0. The fraction of sp³-hybridized carbons (Fsp3) is 0.235. The van der Waals surface area contributed by atoms with Gasteiger partial charge in [-0.05, 0) is 35.3 Å². The van der Waals surface area contributed by atoms with E-state index in [1.807, 2.05) is 24.3 Å². The summed E-state index contributed by atoms with van der Waals surface area (Å²) in [5.74, 6) is 1.32. The molecule has 0 fully saturated rings. The molecule has 2 heterocycles. The van der Waals surface area contributed by atoms with Crippen molar-refractivity contribution in [1.82, 2.24) is 14.9 Å². The van der Waals surface area contributed by atoms with E-state index in [9.17, 15) is 0 Å². The summed E-state index contributed by atoms with van der Waals surface area (Å²) in [6, 6.07) is 11.9. The topological polar surface area (TPSA) is 59.1 Å². The zero-order valence-electron chi connectivity index (χ0n) is 13.3. The molecule has 1 aromatic carbocycles. The first-order chi connectivity index (χ1) is 10.9. The van der Waals surface area contributed by atoms with Crippen LogP contribution >= 0.6 is 12.2 Å². The Kier molecular flexibility index (Phi) is 4.00. The number of H-pyrrole nitrogens is 1. The van der Waals surface area contributed by atoms with Gasteiger partial charge in [0.1, 0.15) is 5.76 Å². The zero-order chi connectivity index (χ0) is 16.4. The van der Waals surface area contributed by atoms with Gasteiger partial charge in [0.2, 0.25) is 4.77 Å². The van der Waals surface area contributed by atoms with E-state index in [-0.39, 0.29) is 5.41 Å². The summed E-state index contributed by atoms with van der Waals surface area (Å²) in [5.41, 5.74) is 2.32. The molecule has 0 saturated carbocycles. The lowest BCUT2D eigenvalue weighted by Crippen LogP contribution is -2.10. The molecule has 0 unspecified atom stereocenters. The highest BCUT2D eigenvalue weighted by atomic mass is 32.1. The third-order valence-electron chi connectivity index (χ3n) is 3.50. The van der Waals surface area contributed by atoms with Crippen molar-refractivity contribution in [2.24, 2.45) is 5.10 Å². The van der Waals surface area contributed by atoms with Crippen LogP contribution in [0.4, 0.5) is 0 Å². The van der Waals surface area contributed by atoms with Crippen LogP contribution in [0.5, 0.6) is 0 Å². The van der Waals surface area contributed by atoms with Crippen LogP contribution in [0.2, 0.25) is 0 Å². The average Bonchev–Trinajstić information content (AvgIpc) is 3.14. The maximum absolute atomic E-state index is 5.25. The van der Waals surface area contributed by atoms with Crippen molar-refractivity contribution in [2.45, 2.75) is 26.2 Å². The summed E-state index contributed by atoms with van der Waals surface area (Å²) in [4.78, 5) is 0. The molecule has 0 aliphatic carbocycles. The number of hydrogen-bond acceptors (Lipinski definition) is 4. The Hall–Kier alpha value is -2.47. The van der Waals surface area contributed by atoms with E-state index in [4.69, 9.17) is 16.6 Å². The largest absolute Gasteiger partial charge is 0.463 e. The quantitative estimate of drug-likeness (QED) is 0.574. The van der Waals surface area contributed by atoms with Crippen molar-refractivity contribution in [3.05, 3.63) is 58.8 Å². The lowest BCUT2D eigenvalue weighted by molar-refractivity contribution is 0.559. The second-order valence-electron chi connectivity index (χ2n) is 6.25. The molecule has 3 aromatic rings. The molecular formula is C17H18N4OS. The molecule has 3 rings (SSSR count). The SMILES string of the molecule is CC(C)(C)c1ccc(-c2n[nH]c(=S)n2/N=C\c2ccco2)cc1. The van der Waals surface area contributed by atoms with Crippen LogP contribution in [0.15, 0.2) is 52.2 Å². The molecule has 0 aliphatic rings. The van der Waals surface area contributed by atoms with Crippen molar-refractivity contribution in [2.75, 3.05) is 0 Å². The molecule has 118 valence electrons. The van der Waals surface area contributed by atoms with Crippen molar-refractivity contribution in [3.63, 3.8) is 0 Å². The van der Waals surface area contributed by atoms with Crippen molar-refractivity contribution >= 4 is 18.4 Å². The van der Waals surface area contributed by atoms with Gasteiger partial charge in [-0.2, -0.15) is 14.9 Å². The monoisotopic (exact) mass is 326 g/mol. The number of aromatic nitrogens is 3. The van der Waals surface area contributed by atoms with Gasteiger partial charge in [-0.15, -0.1) is 0 Å². The number of aromatic amines is 1. The third kappa shape index (κ3) is 3.32. The Morgan fingerprint density at radius 3 is 2.57 bits per heavy atom. The van der Waals surface area contributed by atoms with Crippen LogP contribution in [0.25, 0.3) is 11.4 Å². The minimum Gasteiger partial charge on any atom is -0.463 e. The predicted molar refractivity (Wildman–Crippen MR) is 93.2 cm³/mol. The van der Waals surface area contributed by atoms with Gasteiger partial charge < -0.3 is 4.42 Å². The molecular weight excluding hydrogens is 308 g/mol. The van der Waals surface area contributed by atoms with Gasteiger partial charge in [-0.25, -0.2) is 5.10 Å².